The van der Waals surface area contributed by atoms with E-state index in [1.54, 1.807) is 19.6 Å². The number of hydrazine groups is 1. The minimum Gasteiger partial charge on any atom is -0.472 e. The van der Waals surface area contributed by atoms with Crippen LogP contribution in [0.5, 0.6) is 0 Å². The Bertz CT molecular complexity index is 249. The number of hydrogen-bond donors (Lipinski definition) is 2. The second kappa shape index (κ2) is 6.61. The lowest BCUT2D eigenvalue weighted by Gasteiger charge is -2.19. The minimum absolute atomic E-state index is 0.271. The van der Waals surface area contributed by atoms with Crippen molar-refractivity contribution in [3.8, 4) is 0 Å². The van der Waals surface area contributed by atoms with E-state index >= 15 is 0 Å². The van der Waals surface area contributed by atoms with Crippen molar-refractivity contribution in [1.82, 2.24) is 5.43 Å². The van der Waals surface area contributed by atoms with Crippen molar-refractivity contribution in [2.45, 2.75) is 25.8 Å². The average Bonchev–Trinajstić information content (AvgIpc) is 2.70. The Morgan fingerprint density at radius 2 is 2.40 bits per heavy atom. The first kappa shape index (κ1) is 12.2. The fourth-order valence-electron chi connectivity index (χ4n) is 1.74. The Hall–Kier alpha value is -0.840. The zero-order valence-electron chi connectivity index (χ0n) is 9.40. The van der Waals surface area contributed by atoms with Crippen LogP contribution in [0, 0.1) is 5.92 Å². The third kappa shape index (κ3) is 4.46. The van der Waals surface area contributed by atoms with E-state index in [2.05, 4.69) is 12.3 Å². The number of rotatable bonds is 7. The average molecular weight is 212 g/mol. The van der Waals surface area contributed by atoms with Crippen molar-refractivity contribution in [2.24, 2.45) is 11.8 Å². The van der Waals surface area contributed by atoms with Gasteiger partial charge < -0.3 is 9.15 Å². The van der Waals surface area contributed by atoms with E-state index in [1.807, 2.05) is 6.07 Å². The van der Waals surface area contributed by atoms with Crippen LogP contribution in [0.4, 0.5) is 0 Å². The Balaban J connectivity index is 2.35. The highest BCUT2D eigenvalue weighted by Crippen LogP contribution is 2.11. The Morgan fingerprint density at radius 1 is 1.60 bits per heavy atom. The van der Waals surface area contributed by atoms with Gasteiger partial charge in [-0.15, -0.1) is 0 Å². The Kier molecular flexibility index (Phi) is 5.39. The summed E-state index contributed by atoms with van der Waals surface area (Å²) in [6.45, 7) is 2.92. The second-order valence-electron chi connectivity index (χ2n) is 4.00. The lowest BCUT2D eigenvalue weighted by atomic mass is 9.98. The summed E-state index contributed by atoms with van der Waals surface area (Å²) in [6.07, 6.45) is 5.32. The molecule has 2 atom stereocenters. The van der Waals surface area contributed by atoms with Gasteiger partial charge in [0.1, 0.15) is 0 Å². The monoisotopic (exact) mass is 212 g/mol. The van der Waals surface area contributed by atoms with Crippen molar-refractivity contribution in [3.63, 3.8) is 0 Å². The van der Waals surface area contributed by atoms with Gasteiger partial charge in [-0.05, 0) is 30.4 Å². The molecule has 15 heavy (non-hydrogen) atoms. The van der Waals surface area contributed by atoms with Gasteiger partial charge in [-0.3, -0.25) is 11.3 Å². The normalized spacial score (nSPS) is 15.1. The Morgan fingerprint density at radius 3 is 2.93 bits per heavy atom. The van der Waals surface area contributed by atoms with Crippen LogP contribution in [0.1, 0.15) is 18.9 Å². The molecule has 0 saturated heterocycles. The summed E-state index contributed by atoms with van der Waals surface area (Å²) in [5.74, 6) is 6.02. The van der Waals surface area contributed by atoms with E-state index in [1.165, 1.54) is 5.56 Å². The number of ether oxygens (including phenoxy) is 1. The predicted octanol–water partition coefficient (Wildman–Crippen LogP) is 1.33. The van der Waals surface area contributed by atoms with E-state index in [4.69, 9.17) is 15.0 Å². The highest BCUT2D eigenvalue weighted by molar-refractivity contribution is 5.07. The van der Waals surface area contributed by atoms with Crippen LogP contribution >= 0.6 is 0 Å². The number of nitrogens with one attached hydrogen (secondary N) is 1. The standard InChI is InChI=1S/C11H20N2O2/c1-9(7-14-2)5-11(13-12)6-10-3-4-15-8-10/h3-4,8-9,11,13H,5-7,12H2,1-2H3. The molecular weight excluding hydrogens is 192 g/mol. The fourth-order valence-corrected chi connectivity index (χ4v) is 1.74. The summed E-state index contributed by atoms with van der Waals surface area (Å²) in [5, 5.41) is 0. The number of methoxy groups -OCH3 is 1. The maximum Gasteiger partial charge on any atom is 0.0935 e. The molecule has 0 aliphatic rings. The number of hydrogen-bond acceptors (Lipinski definition) is 4. The van der Waals surface area contributed by atoms with Gasteiger partial charge in [0.15, 0.2) is 0 Å². The van der Waals surface area contributed by atoms with Gasteiger partial charge in [-0.25, -0.2) is 0 Å². The van der Waals surface area contributed by atoms with E-state index < -0.39 is 0 Å². The molecule has 1 aromatic heterocycles. The third-order valence-corrected chi connectivity index (χ3v) is 2.44. The molecule has 1 aromatic rings. The topological polar surface area (TPSA) is 60.4 Å². The molecule has 3 N–H and O–H groups in total. The number of furan rings is 1. The van der Waals surface area contributed by atoms with Crippen LogP contribution in [0.25, 0.3) is 0 Å². The summed E-state index contributed by atoms with van der Waals surface area (Å²) >= 11 is 0. The fraction of sp³-hybridized carbons (Fsp3) is 0.636. The molecule has 0 saturated carbocycles. The van der Waals surface area contributed by atoms with Crippen molar-refractivity contribution in [1.29, 1.82) is 0 Å². The quantitative estimate of drug-likeness (QED) is 0.528. The van der Waals surface area contributed by atoms with Crippen LogP contribution in [0.3, 0.4) is 0 Å². The van der Waals surface area contributed by atoms with Crippen LogP contribution in [-0.2, 0) is 11.2 Å². The highest BCUT2D eigenvalue weighted by atomic mass is 16.5. The van der Waals surface area contributed by atoms with Gasteiger partial charge in [0, 0.05) is 19.8 Å². The zero-order chi connectivity index (χ0) is 11.1. The van der Waals surface area contributed by atoms with E-state index in [9.17, 15) is 0 Å². The zero-order valence-corrected chi connectivity index (χ0v) is 9.40. The summed E-state index contributed by atoms with van der Waals surface area (Å²) in [6, 6.07) is 2.23. The molecule has 0 bridgehead atoms. The molecule has 86 valence electrons. The SMILES string of the molecule is COCC(C)CC(Cc1ccoc1)NN. The lowest BCUT2D eigenvalue weighted by molar-refractivity contribution is 0.149. The summed E-state index contributed by atoms with van der Waals surface area (Å²) in [5.41, 5.74) is 4.00. The molecule has 2 unspecified atom stereocenters. The third-order valence-electron chi connectivity index (χ3n) is 2.44. The van der Waals surface area contributed by atoms with Gasteiger partial charge in [0.05, 0.1) is 12.5 Å². The predicted molar refractivity (Wildman–Crippen MR) is 59.2 cm³/mol. The second-order valence-corrected chi connectivity index (χ2v) is 4.00. The van der Waals surface area contributed by atoms with Gasteiger partial charge in [0.2, 0.25) is 0 Å². The molecule has 0 aliphatic carbocycles. The van der Waals surface area contributed by atoms with Gasteiger partial charge in [-0.1, -0.05) is 6.92 Å². The Labute approximate surface area is 90.8 Å². The van der Waals surface area contributed by atoms with Crippen LogP contribution in [-0.4, -0.2) is 19.8 Å². The van der Waals surface area contributed by atoms with Crippen molar-refractivity contribution >= 4 is 0 Å². The lowest BCUT2D eigenvalue weighted by Crippen LogP contribution is -2.38. The smallest absolute Gasteiger partial charge is 0.0935 e. The largest absolute Gasteiger partial charge is 0.472 e. The molecule has 0 aromatic carbocycles. The van der Waals surface area contributed by atoms with Gasteiger partial charge >= 0.3 is 0 Å². The van der Waals surface area contributed by atoms with E-state index in [-0.39, 0.29) is 6.04 Å². The van der Waals surface area contributed by atoms with Crippen molar-refractivity contribution < 1.29 is 9.15 Å². The molecule has 0 amide bonds. The molecule has 4 nitrogen and oxygen atoms in total. The van der Waals surface area contributed by atoms with Gasteiger partial charge in [-0.2, -0.15) is 0 Å². The van der Waals surface area contributed by atoms with Crippen molar-refractivity contribution in [3.05, 3.63) is 24.2 Å². The molecule has 0 fully saturated rings. The van der Waals surface area contributed by atoms with E-state index in [0.717, 1.165) is 19.4 Å². The summed E-state index contributed by atoms with van der Waals surface area (Å²) in [4.78, 5) is 0. The maximum absolute atomic E-state index is 5.51. The molecule has 4 heteroatoms. The van der Waals surface area contributed by atoms with Gasteiger partial charge in [0.25, 0.3) is 0 Å². The molecule has 0 spiro atoms. The summed E-state index contributed by atoms with van der Waals surface area (Å²) < 4.78 is 10.1. The first-order valence-corrected chi connectivity index (χ1v) is 5.22. The molecule has 0 aliphatic heterocycles. The van der Waals surface area contributed by atoms with Crippen LogP contribution in [0.2, 0.25) is 0 Å². The number of nitrogens with two attached hydrogens (primary N) is 1. The highest BCUT2D eigenvalue weighted by Gasteiger charge is 2.12. The first-order chi connectivity index (χ1) is 7.26. The summed E-state index contributed by atoms with van der Waals surface area (Å²) in [7, 11) is 1.72. The molecule has 1 heterocycles. The van der Waals surface area contributed by atoms with Crippen LogP contribution < -0.4 is 11.3 Å². The van der Waals surface area contributed by atoms with Crippen LogP contribution in [0.15, 0.2) is 23.0 Å². The van der Waals surface area contributed by atoms with E-state index in [0.29, 0.717) is 5.92 Å². The molecular formula is C11H20N2O2. The maximum atomic E-state index is 5.51. The minimum atomic E-state index is 0.271. The van der Waals surface area contributed by atoms with Crippen molar-refractivity contribution in [2.75, 3.05) is 13.7 Å². The molecule has 0 radical (unpaired) electrons. The first-order valence-electron chi connectivity index (χ1n) is 5.22. The molecule has 1 rings (SSSR count).